The van der Waals surface area contributed by atoms with Crippen LogP contribution in [0.25, 0.3) is 0 Å². The Kier molecular flexibility index (Phi) is 4.55. The van der Waals surface area contributed by atoms with Crippen LogP contribution >= 0.6 is 0 Å². The third kappa shape index (κ3) is 3.51. The number of rotatable bonds is 6. The summed E-state index contributed by atoms with van der Waals surface area (Å²) in [5.74, 6) is -1.80. The molecule has 2 saturated heterocycles. The first kappa shape index (κ1) is 18.2. The molecule has 2 heterocycles. The standard InChI is InChI=1S/C19H23FN2O5/c1-19(7-21-8-19)9-27-16-5-14(20)13(4-12(16)11-2-3-11)17(23)22-10-26-6-15(22)18(24)25/h4-5,11,15,21H,2-3,6-10H2,1H3,(H,24,25)/t15-/m0/s1. The average molecular weight is 378 g/mol. The number of nitrogens with one attached hydrogen (secondary N) is 1. The lowest BCUT2D eigenvalue weighted by molar-refractivity contribution is -0.141. The van der Waals surface area contributed by atoms with Crippen molar-refractivity contribution in [2.45, 2.75) is 31.7 Å². The minimum Gasteiger partial charge on any atom is -0.493 e. The molecular weight excluding hydrogens is 355 g/mol. The highest BCUT2D eigenvalue weighted by atomic mass is 19.1. The number of amides is 1. The van der Waals surface area contributed by atoms with Crippen molar-refractivity contribution in [3.05, 3.63) is 29.1 Å². The molecule has 1 aliphatic carbocycles. The Hall–Kier alpha value is -2.19. The van der Waals surface area contributed by atoms with Crippen molar-refractivity contribution in [3.63, 3.8) is 0 Å². The first-order valence-corrected chi connectivity index (χ1v) is 9.16. The van der Waals surface area contributed by atoms with Crippen molar-refractivity contribution in [1.29, 1.82) is 0 Å². The second kappa shape index (κ2) is 6.76. The summed E-state index contributed by atoms with van der Waals surface area (Å²) >= 11 is 0. The van der Waals surface area contributed by atoms with E-state index in [1.807, 2.05) is 0 Å². The van der Waals surface area contributed by atoms with E-state index in [2.05, 4.69) is 12.2 Å². The zero-order chi connectivity index (χ0) is 19.2. The van der Waals surface area contributed by atoms with Gasteiger partial charge in [0.25, 0.3) is 5.91 Å². The molecule has 7 nitrogen and oxygen atoms in total. The van der Waals surface area contributed by atoms with Crippen molar-refractivity contribution in [1.82, 2.24) is 10.2 Å². The molecule has 4 rings (SSSR count). The molecule has 1 aromatic carbocycles. The molecule has 3 aliphatic rings. The number of carboxylic acids is 1. The lowest BCUT2D eigenvalue weighted by Gasteiger charge is -2.39. The second-order valence-electron chi connectivity index (χ2n) is 7.98. The molecule has 1 amide bonds. The lowest BCUT2D eigenvalue weighted by atomic mass is 9.85. The summed E-state index contributed by atoms with van der Waals surface area (Å²) in [6.07, 6.45) is 1.94. The molecular formula is C19H23FN2O5. The number of aliphatic carboxylic acids is 1. The SMILES string of the molecule is CC1(COc2cc(F)c(C(=O)N3COC[C@H]3C(=O)O)cc2C2CC2)CNC1. The van der Waals surface area contributed by atoms with Crippen LogP contribution in [0.15, 0.2) is 12.1 Å². The lowest BCUT2D eigenvalue weighted by Crippen LogP contribution is -2.54. The van der Waals surface area contributed by atoms with E-state index in [1.54, 1.807) is 0 Å². The van der Waals surface area contributed by atoms with Crippen molar-refractivity contribution in [2.24, 2.45) is 5.41 Å². The maximum atomic E-state index is 14.7. The van der Waals surface area contributed by atoms with E-state index >= 15 is 0 Å². The van der Waals surface area contributed by atoms with E-state index in [0.717, 1.165) is 36.4 Å². The van der Waals surface area contributed by atoms with Gasteiger partial charge in [0.05, 0.1) is 18.8 Å². The minimum absolute atomic E-state index is 0.0351. The first-order valence-electron chi connectivity index (χ1n) is 9.16. The van der Waals surface area contributed by atoms with Crippen molar-refractivity contribution < 1.29 is 28.6 Å². The van der Waals surface area contributed by atoms with Crippen LogP contribution in [0.2, 0.25) is 0 Å². The molecule has 8 heteroatoms. The molecule has 0 spiro atoms. The van der Waals surface area contributed by atoms with Gasteiger partial charge in [-0.3, -0.25) is 9.69 Å². The van der Waals surface area contributed by atoms with Crippen LogP contribution in [0.3, 0.4) is 0 Å². The number of carbonyl (C=O) groups excluding carboxylic acids is 1. The molecule has 0 radical (unpaired) electrons. The molecule has 3 fully saturated rings. The van der Waals surface area contributed by atoms with Crippen LogP contribution in [-0.2, 0) is 9.53 Å². The Morgan fingerprint density at radius 3 is 2.74 bits per heavy atom. The van der Waals surface area contributed by atoms with E-state index in [4.69, 9.17) is 9.47 Å². The topological polar surface area (TPSA) is 88.1 Å². The third-order valence-corrected chi connectivity index (χ3v) is 5.45. The van der Waals surface area contributed by atoms with E-state index in [9.17, 15) is 19.1 Å². The fourth-order valence-corrected chi connectivity index (χ4v) is 3.48. The van der Waals surface area contributed by atoms with Crippen molar-refractivity contribution in [3.8, 4) is 5.75 Å². The molecule has 0 unspecified atom stereocenters. The zero-order valence-corrected chi connectivity index (χ0v) is 15.2. The van der Waals surface area contributed by atoms with Crippen LogP contribution in [0.4, 0.5) is 4.39 Å². The molecule has 2 N–H and O–H groups in total. The fourth-order valence-electron chi connectivity index (χ4n) is 3.48. The molecule has 1 saturated carbocycles. The molecule has 1 atom stereocenters. The highest BCUT2D eigenvalue weighted by molar-refractivity contribution is 5.97. The van der Waals surface area contributed by atoms with Gasteiger partial charge >= 0.3 is 5.97 Å². The van der Waals surface area contributed by atoms with E-state index in [1.165, 1.54) is 12.1 Å². The number of hydrogen-bond acceptors (Lipinski definition) is 5. The summed E-state index contributed by atoms with van der Waals surface area (Å²) < 4.78 is 25.7. The molecule has 0 aromatic heterocycles. The van der Waals surface area contributed by atoms with Gasteiger partial charge in [-0.15, -0.1) is 0 Å². The number of carboxylic acid groups (broad SMARTS) is 1. The maximum Gasteiger partial charge on any atom is 0.328 e. The van der Waals surface area contributed by atoms with Crippen molar-refractivity contribution >= 4 is 11.9 Å². The molecule has 27 heavy (non-hydrogen) atoms. The normalized spacial score (nSPS) is 23.8. The van der Waals surface area contributed by atoms with Gasteiger partial charge in [-0.1, -0.05) is 6.92 Å². The van der Waals surface area contributed by atoms with Gasteiger partial charge in [0, 0.05) is 24.6 Å². The number of halogens is 1. The number of nitrogens with zero attached hydrogens (tertiary/aromatic N) is 1. The summed E-state index contributed by atoms with van der Waals surface area (Å²) in [6, 6.07) is 1.70. The van der Waals surface area contributed by atoms with Crippen LogP contribution in [0.1, 0.15) is 41.6 Å². The van der Waals surface area contributed by atoms with Crippen molar-refractivity contribution in [2.75, 3.05) is 33.0 Å². The van der Waals surface area contributed by atoms with E-state index in [-0.39, 0.29) is 30.2 Å². The van der Waals surface area contributed by atoms with Gasteiger partial charge in [0.15, 0.2) is 6.04 Å². The Bertz CT molecular complexity index is 776. The zero-order valence-electron chi connectivity index (χ0n) is 15.2. The van der Waals surface area contributed by atoms with Gasteiger partial charge in [0.1, 0.15) is 18.3 Å². The van der Waals surface area contributed by atoms with Gasteiger partial charge < -0.3 is 19.9 Å². The summed E-state index contributed by atoms with van der Waals surface area (Å²) in [5, 5.41) is 12.4. The van der Waals surface area contributed by atoms with Gasteiger partial charge in [-0.25, -0.2) is 9.18 Å². The molecule has 1 aromatic rings. The summed E-state index contributed by atoms with van der Waals surface area (Å²) in [7, 11) is 0. The Labute approximate surface area is 156 Å². The first-order chi connectivity index (χ1) is 12.9. The highest BCUT2D eigenvalue weighted by Gasteiger charge is 2.38. The van der Waals surface area contributed by atoms with Crippen LogP contribution < -0.4 is 10.1 Å². The van der Waals surface area contributed by atoms with Gasteiger partial charge in [0.2, 0.25) is 0 Å². The smallest absolute Gasteiger partial charge is 0.328 e. The number of ether oxygens (including phenoxy) is 2. The fraction of sp³-hybridized carbons (Fsp3) is 0.579. The maximum absolute atomic E-state index is 14.7. The second-order valence-corrected chi connectivity index (χ2v) is 7.98. The number of hydrogen-bond donors (Lipinski definition) is 2. The number of carbonyl (C=O) groups is 2. The predicted molar refractivity (Wildman–Crippen MR) is 93.3 cm³/mol. The average Bonchev–Trinajstić information content (AvgIpc) is 3.32. The van der Waals surface area contributed by atoms with E-state index < -0.39 is 23.7 Å². The van der Waals surface area contributed by atoms with Crippen LogP contribution in [-0.4, -0.2) is 61.0 Å². The Morgan fingerprint density at radius 1 is 1.41 bits per heavy atom. The minimum atomic E-state index is -1.16. The quantitative estimate of drug-likeness (QED) is 0.781. The molecule has 0 bridgehead atoms. The van der Waals surface area contributed by atoms with Gasteiger partial charge in [-0.05, 0) is 30.4 Å². The van der Waals surface area contributed by atoms with Crippen LogP contribution in [0, 0.1) is 11.2 Å². The monoisotopic (exact) mass is 378 g/mol. The Morgan fingerprint density at radius 2 is 2.15 bits per heavy atom. The largest absolute Gasteiger partial charge is 0.493 e. The third-order valence-electron chi connectivity index (χ3n) is 5.45. The van der Waals surface area contributed by atoms with Crippen LogP contribution in [0.5, 0.6) is 5.75 Å². The Balaban J connectivity index is 1.59. The molecule has 146 valence electrons. The summed E-state index contributed by atoms with van der Waals surface area (Å²) in [5.41, 5.74) is 0.730. The number of benzene rings is 1. The molecule has 2 aliphatic heterocycles. The summed E-state index contributed by atoms with van der Waals surface area (Å²) in [6.45, 7) is 4.05. The summed E-state index contributed by atoms with van der Waals surface area (Å²) in [4.78, 5) is 25.1. The van der Waals surface area contributed by atoms with E-state index in [0.29, 0.717) is 12.4 Å². The highest BCUT2D eigenvalue weighted by Crippen LogP contribution is 2.45. The predicted octanol–water partition coefficient (Wildman–Crippen LogP) is 1.57. The van der Waals surface area contributed by atoms with Gasteiger partial charge in [-0.2, -0.15) is 0 Å².